The highest BCUT2D eigenvalue weighted by Gasteiger charge is 2.15. The van der Waals surface area contributed by atoms with E-state index in [9.17, 15) is 14.9 Å². The standard InChI is InChI=1S/C13H13N3O4S/c14-5-6-20-11-3-1-10(2-4-11)15-13(17)9-7-12(16(18)19)21-8-9/h1-4,7-8H,5-6,14H2,(H,15,17). The number of nitrogens with one attached hydrogen (secondary N) is 1. The molecule has 1 aromatic heterocycles. The number of carbonyl (C=O) groups is 1. The minimum absolute atomic E-state index is 0.0642. The number of hydrogen-bond acceptors (Lipinski definition) is 6. The molecule has 0 spiro atoms. The first kappa shape index (κ1) is 14.9. The van der Waals surface area contributed by atoms with Gasteiger partial charge >= 0.3 is 5.00 Å². The van der Waals surface area contributed by atoms with Gasteiger partial charge in [-0.25, -0.2) is 0 Å². The molecule has 1 amide bonds. The molecule has 1 heterocycles. The summed E-state index contributed by atoms with van der Waals surface area (Å²) in [5.41, 5.74) is 6.17. The van der Waals surface area contributed by atoms with Crippen LogP contribution in [0, 0.1) is 10.1 Å². The van der Waals surface area contributed by atoms with Crippen LogP contribution >= 0.6 is 11.3 Å². The minimum atomic E-state index is -0.523. The maximum atomic E-state index is 11.9. The van der Waals surface area contributed by atoms with Crippen molar-refractivity contribution in [1.29, 1.82) is 0 Å². The zero-order valence-electron chi connectivity index (χ0n) is 10.9. The molecule has 2 rings (SSSR count). The minimum Gasteiger partial charge on any atom is -0.492 e. The lowest BCUT2D eigenvalue weighted by molar-refractivity contribution is -0.380. The van der Waals surface area contributed by atoms with Gasteiger partial charge in [0, 0.05) is 23.7 Å². The van der Waals surface area contributed by atoms with Crippen molar-refractivity contribution in [3.8, 4) is 5.75 Å². The van der Waals surface area contributed by atoms with E-state index in [1.54, 1.807) is 24.3 Å². The summed E-state index contributed by atoms with van der Waals surface area (Å²) in [5.74, 6) is 0.264. The molecule has 0 saturated heterocycles. The van der Waals surface area contributed by atoms with Crippen LogP contribution in [0.15, 0.2) is 35.7 Å². The lowest BCUT2D eigenvalue weighted by Gasteiger charge is -2.06. The zero-order valence-corrected chi connectivity index (χ0v) is 11.8. The van der Waals surface area contributed by atoms with Gasteiger partial charge in [0.05, 0.1) is 10.5 Å². The Morgan fingerprint density at radius 1 is 1.38 bits per heavy atom. The molecule has 2 aromatic rings. The molecule has 0 radical (unpaired) electrons. The normalized spacial score (nSPS) is 10.1. The van der Waals surface area contributed by atoms with Crippen molar-refractivity contribution in [1.82, 2.24) is 0 Å². The van der Waals surface area contributed by atoms with E-state index in [1.165, 1.54) is 11.4 Å². The van der Waals surface area contributed by atoms with Crippen LogP contribution in [0.3, 0.4) is 0 Å². The number of hydrogen-bond donors (Lipinski definition) is 2. The Morgan fingerprint density at radius 2 is 2.10 bits per heavy atom. The van der Waals surface area contributed by atoms with Crippen LogP contribution in [0.5, 0.6) is 5.75 Å². The van der Waals surface area contributed by atoms with Crippen LogP contribution in [0.1, 0.15) is 10.4 Å². The number of nitrogens with two attached hydrogens (primary N) is 1. The Morgan fingerprint density at radius 3 is 2.67 bits per heavy atom. The van der Waals surface area contributed by atoms with Crippen molar-refractivity contribution >= 4 is 27.9 Å². The smallest absolute Gasteiger partial charge is 0.324 e. The van der Waals surface area contributed by atoms with Gasteiger partial charge in [-0.1, -0.05) is 11.3 Å². The molecule has 0 bridgehead atoms. The van der Waals surface area contributed by atoms with Crippen molar-refractivity contribution in [2.75, 3.05) is 18.5 Å². The lowest BCUT2D eigenvalue weighted by Crippen LogP contribution is -2.11. The second kappa shape index (κ2) is 6.82. The Labute approximate surface area is 124 Å². The molecule has 0 saturated carbocycles. The highest BCUT2D eigenvalue weighted by atomic mass is 32.1. The summed E-state index contributed by atoms with van der Waals surface area (Å²) in [6.45, 7) is 0.847. The Kier molecular flexibility index (Phi) is 4.85. The summed E-state index contributed by atoms with van der Waals surface area (Å²) in [6.07, 6.45) is 0. The van der Waals surface area contributed by atoms with Crippen molar-refractivity contribution in [3.63, 3.8) is 0 Å². The molecular weight excluding hydrogens is 294 g/mol. The van der Waals surface area contributed by atoms with E-state index in [4.69, 9.17) is 10.5 Å². The van der Waals surface area contributed by atoms with Gasteiger partial charge in [0.2, 0.25) is 0 Å². The average molecular weight is 307 g/mol. The molecular formula is C13H13N3O4S. The number of amides is 1. The predicted octanol–water partition coefficient (Wildman–Crippen LogP) is 2.25. The zero-order chi connectivity index (χ0) is 15.2. The average Bonchev–Trinajstić information content (AvgIpc) is 2.97. The highest BCUT2D eigenvalue weighted by Crippen LogP contribution is 2.23. The van der Waals surface area contributed by atoms with Crippen LogP contribution < -0.4 is 15.8 Å². The lowest BCUT2D eigenvalue weighted by atomic mass is 10.2. The van der Waals surface area contributed by atoms with E-state index < -0.39 is 10.8 Å². The summed E-state index contributed by atoms with van der Waals surface area (Å²) in [4.78, 5) is 22.0. The molecule has 0 aliphatic rings. The van der Waals surface area contributed by atoms with Crippen LogP contribution in [0.4, 0.5) is 10.7 Å². The molecule has 0 aliphatic heterocycles. The fourth-order valence-corrected chi connectivity index (χ4v) is 2.26. The fourth-order valence-electron chi connectivity index (χ4n) is 1.55. The predicted molar refractivity (Wildman–Crippen MR) is 79.9 cm³/mol. The molecule has 0 atom stereocenters. The monoisotopic (exact) mass is 307 g/mol. The number of carbonyl (C=O) groups excluding carboxylic acids is 1. The number of nitrogens with zero attached hydrogens (tertiary/aromatic N) is 1. The number of thiophene rings is 1. The largest absolute Gasteiger partial charge is 0.492 e. The maximum Gasteiger partial charge on any atom is 0.324 e. The van der Waals surface area contributed by atoms with Crippen LogP contribution in [-0.4, -0.2) is 24.0 Å². The van der Waals surface area contributed by atoms with Crippen LogP contribution in [0.25, 0.3) is 0 Å². The Balaban J connectivity index is 2.00. The third-order valence-corrected chi connectivity index (χ3v) is 3.41. The second-order valence-electron chi connectivity index (χ2n) is 4.05. The number of nitro groups is 1. The summed E-state index contributed by atoms with van der Waals surface area (Å²) in [5, 5.41) is 14.6. The molecule has 1 aromatic carbocycles. The van der Waals surface area contributed by atoms with E-state index >= 15 is 0 Å². The first-order valence-electron chi connectivity index (χ1n) is 6.07. The quantitative estimate of drug-likeness (QED) is 0.628. The van der Waals surface area contributed by atoms with E-state index in [1.807, 2.05) is 0 Å². The molecule has 21 heavy (non-hydrogen) atoms. The van der Waals surface area contributed by atoms with Gasteiger partial charge in [0.15, 0.2) is 0 Å². The summed E-state index contributed by atoms with van der Waals surface area (Å²) in [6, 6.07) is 8.04. The third kappa shape index (κ3) is 4.01. The van der Waals surface area contributed by atoms with E-state index in [-0.39, 0.29) is 10.6 Å². The van der Waals surface area contributed by atoms with Crippen LogP contribution in [0.2, 0.25) is 0 Å². The van der Waals surface area contributed by atoms with E-state index in [2.05, 4.69) is 5.32 Å². The van der Waals surface area contributed by atoms with Gasteiger partial charge in [-0.2, -0.15) is 0 Å². The Bertz CT molecular complexity index is 639. The van der Waals surface area contributed by atoms with Crippen LogP contribution in [-0.2, 0) is 0 Å². The van der Waals surface area contributed by atoms with Crippen molar-refractivity contribution in [3.05, 3.63) is 51.4 Å². The molecule has 110 valence electrons. The Hall–Kier alpha value is -2.45. The first-order valence-corrected chi connectivity index (χ1v) is 6.95. The SMILES string of the molecule is NCCOc1ccc(NC(=O)c2csc([N+](=O)[O-])c2)cc1. The third-order valence-electron chi connectivity index (χ3n) is 2.53. The fraction of sp³-hybridized carbons (Fsp3) is 0.154. The topological polar surface area (TPSA) is 107 Å². The van der Waals surface area contributed by atoms with E-state index in [0.29, 0.717) is 24.6 Å². The van der Waals surface area contributed by atoms with Gasteiger partial charge < -0.3 is 15.8 Å². The molecule has 0 fully saturated rings. The molecule has 0 unspecified atom stereocenters. The summed E-state index contributed by atoms with van der Waals surface area (Å²) < 4.78 is 5.32. The van der Waals surface area contributed by atoms with Gasteiger partial charge in [-0.05, 0) is 24.3 Å². The highest BCUT2D eigenvalue weighted by molar-refractivity contribution is 7.13. The number of benzene rings is 1. The molecule has 3 N–H and O–H groups in total. The van der Waals surface area contributed by atoms with Crippen molar-refractivity contribution < 1.29 is 14.5 Å². The number of rotatable bonds is 6. The van der Waals surface area contributed by atoms with E-state index in [0.717, 1.165) is 11.3 Å². The maximum absolute atomic E-state index is 11.9. The van der Waals surface area contributed by atoms with Gasteiger partial charge in [0.1, 0.15) is 12.4 Å². The summed E-state index contributed by atoms with van der Waals surface area (Å²) in [7, 11) is 0. The van der Waals surface area contributed by atoms with Gasteiger partial charge in [-0.15, -0.1) is 0 Å². The van der Waals surface area contributed by atoms with Crippen molar-refractivity contribution in [2.24, 2.45) is 5.73 Å². The molecule has 7 nitrogen and oxygen atoms in total. The van der Waals surface area contributed by atoms with Crippen molar-refractivity contribution in [2.45, 2.75) is 0 Å². The number of ether oxygens (including phenoxy) is 1. The summed E-state index contributed by atoms with van der Waals surface area (Å²) >= 11 is 0.916. The molecule has 8 heteroatoms. The second-order valence-corrected chi connectivity index (χ2v) is 4.94. The first-order chi connectivity index (χ1) is 10.1. The number of anilines is 1. The molecule has 0 aliphatic carbocycles. The van der Waals surface area contributed by atoms with Gasteiger partial charge in [-0.3, -0.25) is 14.9 Å². The van der Waals surface area contributed by atoms with Gasteiger partial charge in [0.25, 0.3) is 5.91 Å².